The second-order valence-corrected chi connectivity index (χ2v) is 6.49. The first-order chi connectivity index (χ1) is 11.2. The van der Waals surface area contributed by atoms with Crippen LogP contribution in [0.3, 0.4) is 0 Å². The zero-order valence-electron chi connectivity index (χ0n) is 14.2. The van der Waals surface area contributed by atoms with Gasteiger partial charge in [-0.1, -0.05) is 25.1 Å². The molecule has 4 heteroatoms. The molecule has 4 nitrogen and oxygen atoms in total. The molecule has 122 valence electrons. The van der Waals surface area contributed by atoms with E-state index in [0.717, 1.165) is 44.3 Å². The molecule has 0 saturated carbocycles. The van der Waals surface area contributed by atoms with E-state index in [0.29, 0.717) is 0 Å². The quantitative estimate of drug-likeness (QED) is 0.821. The minimum atomic E-state index is 0.732. The normalized spacial score (nSPS) is 17.9. The molecule has 1 fully saturated rings. The summed E-state index contributed by atoms with van der Waals surface area (Å²) in [5.74, 6) is 1.65. The van der Waals surface area contributed by atoms with Crippen molar-refractivity contribution in [2.75, 3.05) is 31.6 Å². The van der Waals surface area contributed by atoms with Gasteiger partial charge in [0.1, 0.15) is 5.82 Å². The van der Waals surface area contributed by atoms with E-state index in [4.69, 9.17) is 0 Å². The third kappa shape index (κ3) is 4.29. The second kappa shape index (κ2) is 7.55. The number of aryl methyl sites for hydroxylation is 1. The van der Waals surface area contributed by atoms with Crippen LogP contribution >= 0.6 is 0 Å². The summed E-state index contributed by atoms with van der Waals surface area (Å²) >= 11 is 0. The van der Waals surface area contributed by atoms with E-state index in [9.17, 15) is 0 Å². The first-order valence-electron chi connectivity index (χ1n) is 8.53. The number of hydrogen-bond donors (Lipinski definition) is 0. The summed E-state index contributed by atoms with van der Waals surface area (Å²) in [7, 11) is 2.19. The van der Waals surface area contributed by atoms with Crippen LogP contribution in [0, 0.1) is 5.92 Å². The lowest BCUT2D eigenvalue weighted by molar-refractivity contribution is 0.279. The third-order valence-electron chi connectivity index (χ3n) is 4.50. The smallest absolute Gasteiger partial charge is 0.127 e. The molecular weight excluding hydrogens is 284 g/mol. The van der Waals surface area contributed by atoms with Crippen LogP contribution in [-0.2, 0) is 13.0 Å². The Morgan fingerprint density at radius 1 is 1.17 bits per heavy atom. The van der Waals surface area contributed by atoms with Gasteiger partial charge < -0.3 is 9.80 Å². The molecular formula is C19H26N4. The van der Waals surface area contributed by atoms with E-state index in [1.54, 1.807) is 0 Å². The molecule has 1 atom stereocenters. The summed E-state index contributed by atoms with van der Waals surface area (Å²) < 4.78 is 0. The van der Waals surface area contributed by atoms with Crippen LogP contribution < -0.4 is 4.90 Å². The van der Waals surface area contributed by atoms with Crippen LogP contribution in [0.25, 0.3) is 0 Å². The Labute approximate surface area is 139 Å². The van der Waals surface area contributed by atoms with Gasteiger partial charge >= 0.3 is 0 Å². The van der Waals surface area contributed by atoms with Crippen molar-refractivity contribution < 1.29 is 0 Å². The molecule has 3 rings (SSSR count). The van der Waals surface area contributed by atoms with Crippen molar-refractivity contribution in [2.24, 2.45) is 5.92 Å². The first-order valence-corrected chi connectivity index (χ1v) is 8.53. The highest BCUT2D eigenvalue weighted by atomic mass is 15.2. The molecule has 1 aromatic carbocycles. The van der Waals surface area contributed by atoms with Crippen molar-refractivity contribution in [3.63, 3.8) is 0 Å². The lowest BCUT2D eigenvalue weighted by Crippen LogP contribution is -2.28. The van der Waals surface area contributed by atoms with Gasteiger partial charge in [0.15, 0.2) is 0 Å². The van der Waals surface area contributed by atoms with Crippen LogP contribution in [0.4, 0.5) is 5.69 Å². The molecule has 0 radical (unpaired) electrons. The molecule has 2 heterocycles. The molecule has 2 aromatic rings. The molecule has 1 unspecified atom stereocenters. The maximum atomic E-state index is 4.39. The highest BCUT2D eigenvalue weighted by Crippen LogP contribution is 2.24. The van der Waals surface area contributed by atoms with Gasteiger partial charge in [0.2, 0.25) is 0 Å². The summed E-state index contributed by atoms with van der Waals surface area (Å²) in [5, 5.41) is 0. The monoisotopic (exact) mass is 310 g/mol. The summed E-state index contributed by atoms with van der Waals surface area (Å²) in [6.45, 7) is 6.45. The summed E-state index contributed by atoms with van der Waals surface area (Å²) in [5.41, 5.74) is 2.55. The van der Waals surface area contributed by atoms with Crippen molar-refractivity contribution in [1.82, 2.24) is 14.9 Å². The fraction of sp³-hybridized carbons (Fsp3) is 0.474. The average molecular weight is 310 g/mol. The lowest BCUT2D eigenvalue weighted by atomic mass is 10.1. The largest absolute Gasteiger partial charge is 0.371 e. The predicted molar refractivity (Wildman–Crippen MR) is 94.5 cm³/mol. The summed E-state index contributed by atoms with van der Waals surface area (Å²) in [6, 6.07) is 10.7. The molecule has 0 N–H and O–H groups in total. The van der Waals surface area contributed by atoms with Crippen LogP contribution in [0.2, 0.25) is 0 Å². The van der Waals surface area contributed by atoms with Crippen LogP contribution in [0.15, 0.2) is 42.7 Å². The highest BCUT2D eigenvalue weighted by molar-refractivity contribution is 5.46. The van der Waals surface area contributed by atoms with E-state index in [-0.39, 0.29) is 0 Å². The second-order valence-electron chi connectivity index (χ2n) is 6.49. The number of rotatable bonds is 6. The summed E-state index contributed by atoms with van der Waals surface area (Å²) in [6.07, 6.45) is 6.10. The Balaban J connectivity index is 1.49. The zero-order valence-corrected chi connectivity index (χ0v) is 14.2. The average Bonchev–Trinajstić information content (AvgIpc) is 3.04. The molecule has 0 aliphatic carbocycles. The molecule has 1 aromatic heterocycles. The Hall–Kier alpha value is -1.94. The fourth-order valence-corrected chi connectivity index (χ4v) is 3.32. The van der Waals surface area contributed by atoms with E-state index >= 15 is 0 Å². The lowest BCUT2D eigenvalue weighted by Gasteiger charge is -2.22. The zero-order chi connectivity index (χ0) is 16.1. The van der Waals surface area contributed by atoms with Gasteiger partial charge in [0, 0.05) is 56.2 Å². The number of para-hydroxylation sites is 1. The van der Waals surface area contributed by atoms with E-state index in [1.165, 1.54) is 17.7 Å². The first kappa shape index (κ1) is 15.9. The Bertz CT molecular complexity index is 597. The number of hydrogen-bond acceptors (Lipinski definition) is 4. The highest BCUT2D eigenvalue weighted by Gasteiger charge is 2.23. The molecule has 1 saturated heterocycles. The molecule has 23 heavy (non-hydrogen) atoms. The van der Waals surface area contributed by atoms with Gasteiger partial charge in [-0.3, -0.25) is 0 Å². The van der Waals surface area contributed by atoms with Crippen LogP contribution in [0.5, 0.6) is 0 Å². The molecule has 1 aliphatic rings. The van der Waals surface area contributed by atoms with E-state index in [1.807, 2.05) is 12.4 Å². The standard InChI is InChI=1S/C19H26N4/c1-3-19-20-11-17(12-21-19)14-22(2)13-16-9-10-23(15-16)18-7-5-4-6-8-18/h4-8,11-12,16H,3,9-10,13-15H2,1-2H3. The maximum absolute atomic E-state index is 4.39. The van der Waals surface area contributed by atoms with Gasteiger partial charge in [-0.2, -0.15) is 0 Å². The topological polar surface area (TPSA) is 32.3 Å². The van der Waals surface area contributed by atoms with Crippen molar-refractivity contribution in [3.8, 4) is 0 Å². The van der Waals surface area contributed by atoms with Crippen molar-refractivity contribution in [1.29, 1.82) is 0 Å². The predicted octanol–water partition coefficient (Wildman–Crippen LogP) is 3.00. The van der Waals surface area contributed by atoms with Gasteiger partial charge in [0.25, 0.3) is 0 Å². The van der Waals surface area contributed by atoms with Gasteiger partial charge in [-0.05, 0) is 31.5 Å². The van der Waals surface area contributed by atoms with Crippen molar-refractivity contribution in [3.05, 3.63) is 54.1 Å². The van der Waals surface area contributed by atoms with Crippen LogP contribution in [0.1, 0.15) is 24.7 Å². The molecule has 1 aliphatic heterocycles. The van der Waals surface area contributed by atoms with Crippen molar-refractivity contribution >= 4 is 5.69 Å². The minimum absolute atomic E-state index is 0.732. The van der Waals surface area contributed by atoms with E-state index in [2.05, 4.69) is 64.1 Å². The van der Waals surface area contributed by atoms with Crippen LogP contribution in [-0.4, -0.2) is 41.5 Å². The molecule has 0 amide bonds. The van der Waals surface area contributed by atoms with Gasteiger partial charge in [-0.15, -0.1) is 0 Å². The fourth-order valence-electron chi connectivity index (χ4n) is 3.32. The van der Waals surface area contributed by atoms with Gasteiger partial charge in [-0.25, -0.2) is 9.97 Å². The number of benzene rings is 1. The number of anilines is 1. The van der Waals surface area contributed by atoms with E-state index < -0.39 is 0 Å². The van der Waals surface area contributed by atoms with Gasteiger partial charge in [0.05, 0.1) is 0 Å². The molecule has 0 bridgehead atoms. The Kier molecular flexibility index (Phi) is 5.23. The Morgan fingerprint density at radius 2 is 1.91 bits per heavy atom. The number of nitrogens with zero attached hydrogens (tertiary/aromatic N) is 4. The Morgan fingerprint density at radius 3 is 2.61 bits per heavy atom. The number of aromatic nitrogens is 2. The summed E-state index contributed by atoms with van der Waals surface area (Å²) in [4.78, 5) is 13.7. The molecule has 0 spiro atoms. The SMILES string of the molecule is CCc1ncc(CN(C)CC2CCN(c3ccccc3)C2)cn1. The maximum Gasteiger partial charge on any atom is 0.127 e. The van der Waals surface area contributed by atoms with Crippen molar-refractivity contribution in [2.45, 2.75) is 26.3 Å². The minimum Gasteiger partial charge on any atom is -0.371 e. The third-order valence-corrected chi connectivity index (χ3v) is 4.50.